The summed E-state index contributed by atoms with van der Waals surface area (Å²) in [6, 6.07) is 69.4. The standard InChI is InChI=1S/C50H33NO2.C10H14/c1-30-10-6-7-13-37(30)43-26-32(17-16-31(43)2)34-18-21-39-41-23-24-42-40-22-19-35(29-48(40)53-50(42)49(41)52-47(39)28-34)33-20-25-46-44(27-33)38-14-8-9-15-45(38)51(46)36-11-4-3-5-12-36;1-3-9(2)10-7-5-4-6-8-10/h3-29H,1-2H3;4-9H,3H2,1-2H3. The Morgan fingerprint density at radius 3 is 1.59 bits per heavy atom. The predicted molar refractivity (Wildman–Crippen MR) is 266 cm³/mol. The second-order valence-corrected chi connectivity index (χ2v) is 16.9. The van der Waals surface area contributed by atoms with Gasteiger partial charge in [0.25, 0.3) is 0 Å². The molecule has 1 atom stereocenters. The molecule has 12 rings (SSSR count). The largest absolute Gasteiger partial charge is 0.452 e. The van der Waals surface area contributed by atoms with Crippen molar-refractivity contribution >= 4 is 65.7 Å². The fraction of sp³-hybridized carbons (Fsp3) is 0.100. The number of rotatable bonds is 6. The average Bonchev–Trinajstić information content (AvgIpc) is 4.01. The summed E-state index contributed by atoms with van der Waals surface area (Å²) in [5.74, 6) is 0.709. The summed E-state index contributed by atoms with van der Waals surface area (Å²) in [6.45, 7) is 8.83. The van der Waals surface area contributed by atoms with E-state index in [9.17, 15) is 0 Å². The number of fused-ring (bicyclic) bond motifs is 10. The van der Waals surface area contributed by atoms with Crippen molar-refractivity contribution < 1.29 is 8.83 Å². The molecule has 0 aliphatic heterocycles. The van der Waals surface area contributed by atoms with Crippen LogP contribution in [-0.2, 0) is 0 Å². The molecule has 63 heavy (non-hydrogen) atoms. The van der Waals surface area contributed by atoms with Gasteiger partial charge in [0.15, 0.2) is 11.2 Å². The maximum atomic E-state index is 6.68. The van der Waals surface area contributed by atoms with Crippen LogP contribution >= 0.6 is 0 Å². The summed E-state index contributed by atoms with van der Waals surface area (Å²) >= 11 is 0. The maximum Gasteiger partial charge on any atom is 0.178 e. The molecule has 3 nitrogen and oxygen atoms in total. The molecule has 304 valence electrons. The zero-order valence-electron chi connectivity index (χ0n) is 36.0. The highest BCUT2D eigenvalue weighted by Crippen LogP contribution is 2.42. The lowest BCUT2D eigenvalue weighted by molar-refractivity contribution is 0.633. The van der Waals surface area contributed by atoms with Crippen molar-refractivity contribution in [1.29, 1.82) is 0 Å². The normalized spacial score (nSPS) is 12.1. The summed E-state index contributed by atoms with van der Waals surface area (Å²) < 4.78 is 15.7. The van der Waals surface area contributed by atoms with Crippen molar-refractivity contribution in [2.24, 2.45) is 0 Å². The van der Waals surface area contributed by atoms with E-state index in [1.807, 2.05) is 0 Å². The van der Waals surface area contributed by atoms with Crippen molar-refractivity contribution in [1.82, 2.24) is 4.57 Å². The fourth-order valence-corrected chi connectivity index (χ4v) is 9.42. The van der Waals surface area contributed by atoms with Crippen LogP contribution in [0.15, 0.2) is 203 Å². The highest BCUT2D eigenvalue weighted by molar-refractivity contribution is 6.19. The average molecular weight is 814 g/mol. The molecule has 0 spiro atoms. The van der Waals surface area contributed by atoms with E-state index in [0.29, 0.717) is 5.92 Å². The van der Waals surface area contributed by atoms with Gasteiger partial charge in [-0.25, -0.2) is 0 Å². The number of nitrogens with zero attached hydrogens (tertiary/aromatic N) is 1. The van der Waals surface area contributed by atoms with Crippen LogP contribution in [0.25, 0.3) is 105 Å². The number of hydrogen-bond donors (Lipinski definition) is 0. The Kier molecular flexibility index (Phi) is 9.54. The zero-order valence-corrected chi connectivity index (χ0v) is 36.0. The van der Waals surface area contributed by atoms with Crippen LogP contribution in [0.4, 0.5) is 0 Å². The van der Waals surface area contributed by atoms with Crippen LogP contribution in [0.3, 0.4) is 0 Å². The number of aromatic nitrogens is 1. The maximum absolute atomic E-state index is 6.68. The summed E-state index contributed by atoms with van der Waals surface area (Å²) in [5, 5.41) is 6.75. The quantitative estimate of drug-likeness (QED) is 0.167. The monoisotopic (exact) mass is 813 g/mol. The first-order valence-electron chi connectivity index (χ1n) is 22.1. The Balaban J connectivity index is 0.000000395. The first kappa shape index (κ1) is 38.3. The Hall–Kier alpha value is -7.62. The third-order valence-corrected chi connectivity index (χ3v) is 13.1. The van der Waals surface area contributed by atoms with E-state index in [1.54, 1.807) is 0 Å². The van der Waals surface area contributed by atoms with Gasteiger partial charge < -0.3 is 13.4 Å². The molecule has 0 bridgehead atoms. The minimum absolute atomic E-state index is 0.709. The molecule has 3 aromatic heterocycles. The minimum Gasteiger partial charge on any atom is -0.452 e. The van der Waals surface area contributed by atoms with E-state index in [-0.39, 0.29) is 0 Å². The van der Waals surface area contributed by atoms with Crippen molar-refractivity contribution in [3.8, 4) is 39.1 Å². The van der Waals surface area contributed by atoms with Crippen LogP contribution in [0, 0.1) is 13.8 Å². The second-order valence-electron chi connectivity index (χ2n) is 16.9. The molecule has 3 heterocycles. The Morgan fingerprint density at radius 1 is 0.413 bits per heavy atom. The fourth-order valence-electron chi connectivity index (χ4n) is 9.42. The summed E-state index contributed by atoms with van der Waals surface area (Å²) in [7, 11) is 0. The van der Waals surface area contributed by atoms with Gasteiger partial charge in [0.2, 0.25) is 0 Å². The van der Waals surface area contributed by atoms with Crippen molar-refractivity contribution in [3.63, 3.8) is 0 Å². The van der Waals surface area contributed by atoms with E-state index in [0.717, 1.165) is 66.3 Å². The molecular weight excluding hydrogens is 767 g/mol. The first-order valence-corrected chi connectivity index (χ1v) is 22.1. The molecule has 0 saturated heterocycles. The predicted octanol–water partition coefficient (Wildman–Crippen LogP) is 17.4. The van der Waals surface area contributed by atoms with Crippen LogP contribution in [0.2, 0.25) is 0 Å². The molecule has 0 amide bonds. The van der Waals surface area contributed by atoms with Gasteiger partial charge in [0, 0.05) is 38.0 Å². The third-order valence-electron chi connectivity index (χ3n) is 13.1. The van der Waals surface area contributed by atoms with Gasteiger partial charge in [-0.2, -0.15) is 0 Å². The number of aryl methyl sites for hydroxylation is 2. The van der Waals surface area contributed by atoms with E-state index in [2.05, 4.69) is 226 Å². The van der Waals surface area contributed by atoms with Gasteiger partial charge in [0.05, 0.1) is 11.0 Å². The number of hydrogen-bond acceptors (Lipinski definition) is 2. The van der Waals surface area contributed by atoms with Gasteiger partial charge in [-0.05, 0) is 149 Å². The Morgan fingerprint density at radius 2 is 0.921 bits per heavy atom. The van der Waals surface area contributed by atoms with Crippen LogP contribution in [0.5, 0.6) is 0 Å². The number of para-hydroxylation sites is 2. The van der Waals surface area contributed by atoms with Crippen LogP contribution in [-0.4, -0.2) is 4.57 Å². The van der Waals surface area contributed by atoms with Crippen LogP contribution < -0.4 is 0 Å². The van der Waals surface area contributed by atoms with Crippen molar-refractivity contribution in [2.45, 2.75) is 40.0 Å². The van der Waals surface area contributed by atoms with Crippen LogP contribution in [0.1, 0.15) is 42.9 Å². The minimum atomic E-state index is 0.709. The molecular formula is C60H47NO2. The lowest BCUT2D eigenvalue weighted by Gasteiger charge is -2.12. The Labute approximate surface area is 367 Å². The lowest BCUT2D eigenvalue weighted by Crippen LogP contribution is -1.92. The number of benzene rings is 9. The van der Waals surface area contributed by atoms with Gasteiger partial charge in [-0.3, -0.25) is 0 Å². The molecule has 12 aromatic rings. The summed E-state index contributed by atoms with van der Waals surface area (Å²) in [4.78, 5) is 0. The van der Waals surface area contributed by atoms with Gasteiger partial charge in [-0.15, -0.1) is 0 Å². The van der Waals surface area contributed by atoms with E-state index in [1.165, 1.54) is 61.6 Å². The van der Waals surface area contributed by atoms with E-state index >= 15 is 0 Å². The molecule has 0 N–H and O–H groups in total. The first-order chi connectivity index (χ1) is 30.9. The van der Waals surface area contributed by atoms with Gasteiger partial charge in [0.1, 0.15) is 11.2 Å². The van der Waals surface area contributed by atoms with E-state index in [4.69, 9.17) is 8.83 Å². The molecule has 1 unspecified atom stereocenters. The Bertz CT molecular complexity index is 3640. The van der Waals surface area contributed by atoms with Gasteiger partial charge >= 0.3 is 0 Å². The molecule has 9 aromatic carbocycles. The van der Waals surface area contributed by atoms with Crippen molar-refractivity contribution in [3.05, 3.63) is 211 Å². The van der Waals surface area contributed by atoms with Crippen molar-refractivity contribution in [2.75, 3.05) is 0 Å². The SMILES string of the molecule is CCC(C)c1ccccc1.Cc1ccccc1-c1cc(-c2ccc3c(c2)oc2c3ccc3c4ccc(-c5ccc6c(c5)c5ccccc5n6-c5ccccc5)cc4oc32)ccc1C. The smallest absolute Gasteiger partial charge is 0.178 e. The molecule has 0 saturated carbocycles. The highest BCUT2D eigenvalue weighted by atomic mass is 16.4. The van der Waals surface area contributed by atoms with Gasteiger partial charge in [-0.1, -0.05) is 135 Å². The molecule has 0 aliphatic carbocycles. The van der Waals surface area contributed by atoms with E-state index < -0.39 is 0 Å². The summed E-state index contributed by atoms with van der Waals surface area (Å²) in [5.41, 5.74) is 17.9. The molecule has 0 radical (unpaired) electrons. The highest BCUT2D eigenvalue weighted by Gasteiger charge is 2.19. The molecule has 3 heteroatoms. The third kappa shape index (κ3) is 6.69. The lowest BCUT2D eigenvalue weighted by atomic mass is 9.93. The zero-order chi connectivity index (χ0) is 42.6. The topological polar surface area (TPSA) is 31.2 Å². The molecule has 0 fully saturated rings. The molecule has 0 aliphatic rings. The second kappa shape index (κ2) is 15.7. The summed E-state index contributed by atoms with van der Waals surface area (Å²) in [6.07, 6.45) is 1.23. The number of furan rings is 2.